The molecule has 0 unspecified atom stereocenters. The number of anilines is 1. The predicted octanol–water partition coefficient (Wildman–Crippen LogP) is 1.09. The number of aromatic nitrogens is 3. The summed E-state index contributed by atoms with van der Waals surface area (Å²) in [6.45, 7) is -0.372. The number of ketones is 1. The van der Waals surface area contributed by atoms with Crippen LogP contribution in [0.4, 0.5) is 16.0 Å². The number of rotatable bonds is 4. The Balaban J connectivity index is 1.84. The lowest BCUT2D eigenvalue weighted by atomic mass is 9.98. The highest BCUT2D eigenvalue weighted by Crippen LogP contribution is 2.26. The number of Topliss-reactive ketones (excluding diaryl/α,β-unsaturated/α-hetero) is 1. The fourth-order valence-electron chi connectivity index (χ4n) is 2.29. The van der Waals surface area contributed by atoms with Crippen molar-refractivity contribution in [2.45, 2.75) is 19.4 Å². The predicted molar refractivity (Wildman–Crippen MR) is 74.4 cm³/mol. The molecular formula is C13H10FN5O4. The lowest BCUT2D eigenvalue weighted by Crippen LogP contribution is -2.20. The van der Waals surface area contributed by atoms with E-state index in [0.717, 1.165) is 17.1 Å². The second-order valence-corrected chi connectivity index (χ2v) is 4.96. The highest BCUT2D eigenvalue weighted by molar-refractivity contribution is 5.99. The number of carbonyl (C=O) groups is 2. The summed E-state index contributed by atoms with van der Waals surface area (Å²) in [6.07, 6.45) is 1.71. The fraction of sp³-hybridized carbons (Fsp3) is 0.231. The molecule has 0 saturated heterocycles. The maximum absolute atomic E-state index is 14.1. The number of hydrogen-bond donors (Lipinski definition) is 1. The molecule has 9 nitrogen and oxygen atoms in total. The zero-order valence-corrected chi connectivity index (χ0v) is 11.7. The van der Waals surface area contributed by atoms with E-state index < -0.39 is 22.5 Å². The van der Waals surface area contributed by atoms with E-state index in [9.17, 15) is 24.1 Å². The lowest BCUT2D eigenvalue weighted by molar-refractivity contribution is -0.394. The third-order valence-corrected chi connectivity index (χ3v) is 3.38. The Morgan fingerprint density at radius 3 is 2.91 bits per heavy atom. The van der Waals surface area contributed by atoms with Gasteiger partial charge in [0.2, 0.25) is 12.2 Å². The van der Waals surface area contributed by atoms with Crippen LogP contribution in [0, 0.1) is 15.9 Å². The zero-order chi connectivity index (χ0) is 16.6. The van der Waals surface area contributed by atoms with Gasteiger partial charge in [-0.25, -0.2) is 4.39 Å². The summed E-state index contributed by atoms with van der Waals surface area (Å²) in [4.78, 5) is 36.6. The number of carbonyl (C=O) groups excluding carboxylic acids is 2. The molecule has 118 valence electrons. The van der Waals surface area contributed by atoms with E-state index in [1.807, 2.05) is 0 Å². The number of nitrogens with one attached hydrogen (secondary N) is 1. The van der Waals surface area contributed by atoms with Crippen molar-refractivity contribution >= 4 is 23.3 Å². The van der Waals surface area contributed by atoms with Gasteiger partial charge in [0.15, 0.2) is 5.78 Å². The summed E-state index contributed by atoms with van der Waals surface area (Å²) in [5.41, 5.74) is 0.865. The van der Waals surface area contributed by atoms with E-state index in [1.165, 1.54) is 6.07 Å². The standard InChI is InChI=1S/C13H10FN5O4/c14-9-4-10-7(1-2-12(21)16-10)3-8(9)11(20)5-18-6-15-13(17-18)19(22)23/h3-4,6H,1-2,5H2,(H,16,21). The van der Waals surface area contributed by atoms with Crippen molar-refractivity contribution < 1.29 is 18.9 Å². The Morgan fingerprint density at radius 2 is 2.22 bits per heavy atom. The van der Waals surface area contributed by atoms with Crippen molar-refractivity contribution in [1.82, 2.24) is 14.8 Å². The van der Waals surface area contributed by atoms with Gasteiger partial charge in [-0.05, 0) is 29.0 Å². The second-order valence-electron chi connectivity index (χ2n) is 4.96. The van der Waals surface area contributed by atoms with Crippen LogP contribution in [0.1, 0.15) is 22.3 Å². The molecule has 0 aliphatic carbocycles. The number of fused-ring (bicyclic) bond motifs is 1. The Morgan fingerprint density at radius 1 is 1.43 bits per heavy atom. The van der Waals surface area contributed by atoms with Gasteiger partial charge in [-0.2, -0.15) is 4.68 Å². The second kappa shape index (κ2) is 5.55. The van der Waals surface area contributed by atoms with Gasteiger partial charge in [0.1, 0.15) is 12.4 Å². The van der Waals surface area contributed by atoms with Crippen LogP contribution in [0.25, 0.3) is 0 Å². The first-order valence-corrected chi connectivity index (χ1v) is 6.63. The molecular weight excluding hydrogens is 309 g/mol. The van der Waals surface area contributed by atoms with Gasteiger partial charge in [0.05, 0.1) is 5.56 Å². The van der Waals surface area contributed by atoms with Gasteiger partial charge in [-0.15, -0.1) is 0 Å². The third kappa shape index (κ3) is 2.91. The van der Waals surface area contributed by atoms with Crippen molar-refractivity contribution in [3.05, 3.63) is 45.5 Å². The van der Waals surface area contributed by atoms with E-state index in [2.05, 4.69) is 15.4 Å². The van der Waals surface area contributed by atoms with Gasteiger partial charge >= 0.3 is 5.95 Å². The van der Waals surface area contributed by atoms with E-state index >= 15 is 0 Å². The van der Waals surface area contributed by atoms with Gasteiger partial charge in [-0.1, -0.05) is 4.98 Å². The van der Waals surface area contributed by atoms with Gasteiger partial charge in [-0.3, -0.25) is 9.59 Å². The van der Waals surface area contributed by atoms with Crippen molar-refractivity contribution in [2.24, 2.45) is 0 Å². The van der Waals surface area contributed by atoms with E-state index in [0.29, 0.717) is 17.7 Å². The minimum absolute atomic E-state index is 0.155. The molecule has 0 atom stereocenters. The average Bonchev–Trinajstić information content (AvgIpc) is 2.95. The molecule has 2 heterocycles. The molecule has 0 radical (unpaired) electrons. The summed E-state index contributed by atoms with van der Waals surface area (Å²) in [5, 5.41) is 16.5. The third-order valence-electron chi connectivity index (χ3n) is 3.38. The summed E-state index contributed by atoms with van der Waals surface area (Å²) in [6, 6.07) is 2.49. The van der Waals surface area contributed by atoms with Gasteiger partial charge < -0.3 is 15.4 Å². The molecule has 1 N–H and O–H groups in total. The SMILES string of the molecule is O=C1CCc2cc(C(=O)Cn3cnc([N+](=O)[O-])n3)c(F)cc2N1. The van der Waals surface area contributed by atoms with E-state index in [-0.39, 0.29) is 24.4 Å². The topological polar surface area (TPSA) is 120 Å². The first-order valence-electron chi connectivity index (χ1n) is 6.63. The number of benzene rings is 1. The number of hydrogen-bond acceptors (Lipinski definition) is 6. The summed E-state index contributed by atoms with van der Waals surface area (Å²) in [7, 11) is 0. The molecule has 1 aliphatic heterocycles. The quantitative estimate of drug-likeness (QED) is 0.512. The van der Waals surface area contributed by atoms with Crippen molar-refractivity contribution in [1.29, 1.82) is 0 Å². The van der Waals surface area contributed by atoms with Crippen LogP contribution in [0.2, 0.25) is 0 Å². The Labute approximate surface area is 128 Å². The molecule has 1 amide bonds. The minimum atomic E-state index is -0.789. The highest BCUT2D eigenvalue weighted by Gasteiger charge is 2.22. The van der Waals surface area contributed by atoms with Gasteiger partial charge in [0, 0.05) is 17.2 Å². The Kier molecular flexibility index (Phi) is 3.56. The molecule has 23 heavy (non-hydrogen) atoms. The average molecular weight is 319 g/mol. The Hall–Kier alpha value is -3.17. The highest BCUT2D eigenvalue weighted by atomic mass is 19.1. The van der Waals surface area contributed by atoms with Crippen molar-refractivity contribution in [3.8, 4) is 0 Å². The molecule has 0 fully saturated rings. The lowest BCUT2D eigenvalue weighted by Gasteiger charge is -2.17. The number of amides is 1. The molecule has 1 aromatic heterocycles. The van der Waals surface area contributed by atoms with Gasteiger partial charge in [0.25, 0.3) is 0 Å². The smallest absolute Gasteiger partial charge is 0.390 e. The number of halogens is 1. The van der Waals surface area contributed by atoms with Crippen LogP contribution < -0.4 is 5.32 Å². The fourth-order valence-corrected chi connectivity index (χ4v) is 2.29. The number of aryl methyl sites for hydroxylation is 1. The van der Waals surface area contributed by atoms with Crippen LogP contribution in [-0.4, -0.2) is 31.4 Å². The molecule has 1 aliphatic rings. The number of nitrogens with zero attached hydrogens (tertiary/aromatic N) is 4. The molecule has 0 bridgehead atoms. The molecule has 0 spiro atoms. The summed E-state index contributed by atoms with van der Waals surface area (Å²) >= 11 is 0. The van der Waals surface area contributed by atoms with Crippen LogP contribution in [0.5, 0.6) is 0 Å². The first-order chi connectivity index (χ1) is 10.9. The normalized spacial score (nSPS) is 13.3. The van der Waals surface area contributed by atoms with E-state index in [4.69, 9.17) is 0 Å². The maximum Gasteiger partial charge on any atom is 0.490 e. The summed E-state index contributed by atoms with van der Waals surface area (Å²) in [5.74, 6) is -2.20. The molecule has 2 aromatic rings. The molecule has 10 heteroatoms. The molecule has 1 aromatic carbocycles. The maximum atomic E-state index is 14.1. The Bertz CT molecular complexity index is 832. The molecule has 0 saturated carbocycles. The van der Waals surface area contributed by atoms with Crippen LogP contribution in [0.3, 0.4) is 0 Å². The van der Waals surface area contributed by atoms with E-state index in [1.54, 1.807) is 0 Å². The van der Waals surface area contributed by atoms with Crippen molar-refractivity contribution in [2.75, 3.05) is 5.32 Å². The minimum Gasteiger partial charge on any atom is -0.390 e. The zero-order valence-electron chi connectivity index (χ0n) is 11.7. The molecule has 3 rings (SSSR count). The summed E-state index contributed by atoms with van der Waals surface area (Å²) < 4.78 is 15.0. The van der Waals surface area contributed by atoms with Crippen LogP contribution in [0.15, 0.2) is 18.5 Å². The largest absolute Gasteiger partial charge is 0.490 e. The number of nitro groups is 1. The van der Waals surface area contributed by atoms with Crippen LogP contribution in [-0.2, 0) is 17.8 Å². The van der Waals surface area contributed by atoms with Crippen molar-refractivity contribution in [3.63, 3.8) is 0 Å². The first kappa shape index (κ1) is 14.8. The van der Waals surface area contributed by atoms with Crippen LogP contribution >= 0.6 is 0 Å². The monoisotopic (exact) mass is 319 g/mol.